The van der Waals surface area contributed by atoms with Crippen LogP contribution < -0.4 is 9.80 Å². The van der Waals surface area contributed by atoms with E-state index >= 15 is 0 Å². The maximum absolute atomic E-state index is 4.76. The molecule has 1 saturated heterocycles. The molecule has 0 radical (unpaired) electrons. The SMILES string of the molecule is C=C1c2nn(-c3ccc(N4CC[C@H](C)C4)nc3)cc2CN1c1cnn(C)c1. The number of anilines is 2. The molecule has 7 nitrogen and oxygen atoms in total. The highest BCUT2D eigenvalue weighted by molar-refractivity contribution is 5.81. The minimum absolute atomic E-state index is 0.745. The Bertz CT molecular complexity index is 998. The van der Waals surface area contributed by atoms with Crippen LogP contribution in [0.25, 0.3) is 11.4 Å². The Balaban J connectivity index is 1.37. The van der Waals surface area contributed by atoms with Crippen LogP contribution in [0.3, 0.4) is 0 Å². The Kier molecular flexibility index (Phi) is 3.56. The van der Waals surface area contributed by atoms with Crippen LogP contribution in [0.5, 0.6) is 0 Å². The zero-order valence-electron chi connectivity index (χ0n) is 15.7. The van der Waals surface area contributed by atoms with Crippen molar-refractivity contribution in [3.05, 3.63) is 54.8 Å². The molecule has 138 valence electrons. The zero-order valence-corrected chi connectivity index (χ0v) is 15.7. The summed E-state index contributed by atoms with van der Waals surface area (Å²) in [5.41, 5.74) is 5.03. The predicted molar refractivity (Wildman–Crippen MR) is 106 cm³/mol. The molecule has 2 aliphatic rings. The van der Waals surface area contributed by atoms with Crippen molar-refractivity contribution in [3.8, 4) is 5.69 Å². The van der Waals surface area contributed by atoms with Crippen molar-refractivity contribution in [1.82, 2.24) is 24.5 Å². The molecule has 0 aromatic carbocycles. The lowest BCUT2D eigenvalue weighted by atomic mass is 10.2. The number of hydrogen-bond donors (Lipinski definition) is 0. The summed E-state index contributed by atoms with van der Waals surface area (Å²) in [6.45, 7) is 9.47. The monoisotopic (exact) mass is 361 g/mol. The second-order valence-corrected chi connectivity index (χ2v) is 7.57. The summed E-state index contributed by atoms with van der Waals surface area (Å²) in [6, 6.07) is 4.19. The Morgan fingerprint density at radius 1 is 1.15 bits per heavy atom. The van der Waals surface area contributed by atoms with E-state index in [1.807, 2.05) is 30.3 Å². The van der Waals surface area contributed by atoms with E-state index in [9.17, 15) is 0 Å². The van der Waals surface area contributed by atoms with Gasteiger partial charge in [-0.05, 0) is 24.5 Å². The first kappa shape index (κ1) is 16.1. The van der Waals surface area contributed by atoms with Gasteiger partial charge in [0.15, 0.2) is 0 Å². The molecule has 2 aliphatic heterocycles. The Hall–Kier alpha value is -3.09. The smallest absolute Gasteiger partial charge is 0.128 e. The van der Waals surface area contributed by atoms with Crippen molar-refractivity contribution in [2.75, 3.05) is 22.9 Å². The summed E-state index contributed by atoms with van der Waals surface area (Å²) in [5.74, 6) is 1.80. The van der Waals surface area contributed by atoms with Crippen molar-refractivity contribution in [3.63, 3.8) is 0 Å². The molecule has 0 N–H and O–H groups in total. The first-order valence-corrected chi connectivity index (χ1v) is 9.34. The van der Waals surface area contributed by atoms with Gasteiger partial charge >= 0.3 is 0 Å². The molecule has 27 heavy (non-hydrogen) atoms. The first-order valence-electron chi connectivity index (χ1n) is 9.34. The maximum atomic E-state index is 4.76. The third-order valence-corrected chi connectivity index (χ3v) is 5.47. The summed E-state index contributed by atoms with van der Waals surface area (Å²) in [7, 11) is 1.92. The molecule has 1 atom stereocenters. The molecule has 0 saturated carbocycles. The van der Waals surface area contributed by atoms with Crippen LogP contribution in [-0.2, 0) is 13.6 Å². The van der Waals surface area contributed by atoms with Gasteiger partial charge < -0.3 is 9.80 Å². The summed E-state index contributed by atoms with van der Waals surface area (Å²) in [5, 5.41) is 9.01. The van der Waals surface area contributed by atoms with E-state index in [-0.39, 0.29) is 0 Å². The van der Waals surface area contributed by atoms with Gasteiger partial charge in [0.05, 0.1) is 36.0 Å². The third-order valence-electron chi connectivity index (χ3n) is 5.47. The van der Waals surface area contributed by atoms with Crippen LogP contribution in [0.1, 0.15) is 24.6 Å². The second kappa shape index (κ2) is 5.97. The molecule has 0 amide bonds. The average molecular weight is 361 g/mol. The number of aryl methyl sites for hydroxylation is 1. The molecule has 3 aromatic rings. The highest BCUT2D eigenvalue weighted by atomic mass is 15.3. The van der Waals surface area contributed by atoms with Crippen LogP contribution in [0.15, 0.2) is 43.5 Å². The molecule has 0 bridgehead atoms. The fourth-order valence-corrected chi connectivity index (χ4v) is 3.93. The normalized spacial score (nSPS) is 19.2. The van der Waals surface area contributed by atoms with Crippen LogP contribution in [0.4, 0.5) is 11.5 Å². The molecule has 7 heteroatoms. The van der Waals surface area contributed by atoms with Crippen molar-refractivity contribution in [2.45, 2.75) is 19.9 Å². The van der Waals surface area contributed by atoms with Gasteiger partial charge in [0, 0.05) is 38.1 Å². The van der Waals surface area contributed by atoms with Gasteiger partial charge in [-0.2, -0.15) is 10.2 Å². The highest BCUT2D eigenvalue weighted by Gasteiger charge is 2.28. The number of rotatable bonds is 3. The Morgan fingerprint density at radius 3 is 2.67 bits per heavy atom. The fourth-order valence-electron chi connectivity index (χ4n) is 3.93. The quantitative estimate of drug-likeness (QED) is 0.718. The second-order valence-electron chi connectivity index (χ2n) is 7.57. The lowest BCUT2D eigenvalue weighted by Crippen LogP contribution is -2.20. The van der Waals surface area contributed by atoms with Gasteiger partial charge in [-0.25, -0.2) is 9.67 Å². The van der Waals surface area contributed by atoms with Crippen molar-refractivity contribution in [2.24, 2.45) is 13.0 Å². The lowest BCUT2D eigenvalue weighted by molar-refractivity contribution is 0.659. The minimum Gasteiger partial charge on any atom is -0.356 e. The van der Waals surface area contributed by atoms with Gasteiger partial charge in [0.1, 0.15) is 11.5 Å². The highest BCUT2D eigenvalue weighted by Crippen LogP contribution is 2.35. The maximum Gasteiger partial charge on any atom is 0.128 e. The van der Waals surface area contributed by atoms with Crippen LogP contribution >= 0.6 is 0 Å². The van der Waals surface area contributed by atoms with E-state index in [1.165, 1.54) is 12.0 Å². The molecule has 5 rings (SSSR count). The summed E-state index contributed by atoms with van der Waals surface area (Å²) in [6.07, 6.45) is 9.07. The van der Waals surface area contributed by atoms with Gasteiger partial charge in [-0.3, -0.25) is 4.68 Å². The number of aromatic nitrogens is 5. The zero-order chi connectivity index (χ0) is 18.5. The van der Waals surface area contributed by atoms with Crippen molar-refractivity contribution < 1.29 is 0 Å². The van der Waals surface area contributed by atoms with E-state index < -0.39 is 0 Å². The van der Waals surface area contributed by atoms with Crippen LogP contribution in [0.2, 0.25) is 0 Å². The van der Waals surface area contributed by atoms with E-state index in [1.54, 1.807) is 4.68 Å². The molecule has 0 unspecified atom stereocenters. The number of nitrogens with zero attached hydrogens (tertiary/aromatic N) is 7. The van der Waals surface area contributed by atoms with E-state index in [0.717, 1.165) is 54.1 Å². The number of fused-ring (bicyclic) bond motifs is 1. The molecular formula is C20H23N7. The molecule has 0 spiro atoms. The standard InChI is InChI=1S/C20H23N7/c1-14-6-7-25(10-14)19-5-4-17(8-21-19)27-12-16-11-26(15(2)20(16)23-27)18-9-22-24(3)13-18/h4-5,8-9,12-14H,2,6-7,10-11H2,1,3H3/t14-/m0/s1. The molecular weight excluding hydrogens is 338 g/mol. The summed E-state index contributed by atoms with van der Waals surface area (Å²) < 4.78 is 3.70. The van der Waals surface area contributed by atoms with E-state index in [2.05, 4.69) is 51.7 Å². The first-order chi connectivity index (χ1) is 13.1. The van der Waals surface area contributed by atoms with Gasteiger partial charge in [0.25, 0.3) is 0 Å². The summed E-state index contributed by atoms with van der Waals surface area (Å²) in [4.78, 5) is 9.16. The third kappa shape index (κ3) is 2.70. The van der Waals surface area contributed by atoms with Crippen LogP contribution in [0, 0.1) is 5.92 Å². The largest absolute Gasteiger partial charge is 0.356 e. The summed E-state index contributed by atoms with van der Waals surface area (Å²) >= 11 is 0. The number of pyridine rings is 1. The number of hydrogen-bond acceptors (Lipinski definition) is 5. The average Bonchev–Trinajstić information content (AvgIpc) is 3.42. The molecule has 1 fully saturated rings. The van der Waals surface area contributed by atoms with E-state index in [0.29, 0.717) is 0 Å². The van der Waals surface area contributed by atoms with Crippen molar-refractivity contribution >= 4 is 17.2 Å². The molecule has 3 aromatic heterocycles. The minimum atomic E-state index is 0.745. The van der Waals surface area contributed by atoms with Gasteiger partial charge in [-0.1, -0.05) is 13.5 Å². The fraction of sp³-hybridized carbons (Fsp3) is 0.350. The molecule has 0 aliphatic carbocycles. The molecule has 5 heterocycles. The van der Waals surface area contributed by atoms with Crippen LogP contribution in [-0.4, -0.2) is 37.6 Å². The van der Waals surface area contributed by atoms with Gasteiger partial charge in [-0.15, -0.1) is 0 Å². The topological polar surface area (TPSA) is 55.0 Å². The van der Waals surface area contributed by atoms with Crippen molar-refractivity contribution in [1.29, 1.82) is 0 Å². The van der Waals surface area contributed by atoms with E-state index in [4.69, 9.17) is 5.10 Å². The lowest BCUT2D eigenvalue weighted by Gasteiger charge is -2.18. The van der Waals surface area contributed by atoms with Gasteiger partial charge in [0.2, 0.25) is 0 Å². The predicted octanol–water partition coefficient (Wildman–Crippen LogP) is 2.84. The Morgan fingerprint density at radius 2 is 2.04 bits per heavy atom. The Labute approximate surface area is 158 Å².